The quantitative estimate of drug-likeness (QED) is 0.574. The van der Waals surface area contributed by atoms with Gasteiger partial charge in [-0.05, 0) is 57.7 Å². The number of benzene rings is 1. The van der Waals surface area contributed by atoms with Crippen LogP contribution in [0.1, 0.15) is 53.0 Å². The molecule has 1 aliphatic rings. The minimum Gasteiger partial charge on any atom is -0.444 e. The molecule has 8 nitrogen and oxygen atoms in total. The molecule has 1 fully saturated rings. The van der Waals surface area contributed by atoms with E-state index in [-0.39, 0.29) is 30.9 Å². The molecule has 3 amide bonds. The van der Waals surface area contributed by atoms with Crippen molar-refractivity contribution in [2.24, 2.45) is 5.92 Å². The van der Waals surface area contributed by atoms with E-state index in [1.54, 1.807) is 30.9 Å². The molecule has 190 valence electrons. The Bertz CT molecular complexity index is 853. The minimum atomic E-state index is -0.848. The Labute approximate surface area is 207 Å². The molecule has 1 aromatic carbocycles. The second-order valence-electron chi connectivity index (χ2n) is 10.2. The van der Waals surface area contributed by atoms with Crippen molar-refractivity contribution in [2.45, 2.75) is 71.1 Å². The molecule has 0 aromatic heterocycles. The summed E-state index contributed by atoms with van der Waals surface area (Å²) in [6, 6.07) is 6.58. The van der Waals surface area contributed by atoms with Gasteiger partial charge in [0.25, 0.3) is 0 Å². The van der Waals surface area contributed by atoms with Crippen molar-refractivity contribution in [3.05, 3.63) is 34.9 Å². The zero-order valence-electron chi connectivity index (χ0n) is 21.1. The number of hydrogen-bond acceptors (Lipinski definition) is 5. The number of rotatable bonds is 8. The summed E-state index contributed by atoms with van der Waals surface area (Å²) in [5, 5.41) is 6.54. The van der Waals surface area contributed by atoms with E-state index >= 15 is 0 Å². The predicted molar refractivity (Wildman–Crippen MR) is 132 cm³/mol. The van der Waals surface area contributed by atoms with Gasteiger partial charge < -0.3 is 25.0 Å². The van der Waals surface area contributed by atoms with Crippen molar-refractivity contribution in [1.82, 2.24) is 15.5 Å². The van der Waals surface area contributed by atoms with Gasteiger partial charge in [0.05, 0.1) is 12.1 Å². The fourth-order valence-electron chi connectivity index (χ4n) is 3.93. The lowest BCUT2D eigenvalue weighted by Gasteiger charge is -2.44. The van der Waals surface area contributed by atoms with Gasteiger partial charge in [-0.25, -0.2) is 4.79 Å². The van der Waals surface area contributed by atoms with E-state index < -0.39 is 23.3 Å². The topological polar surface area (TPSA) is 97.0 Å². The zero-order chi connectivity index (χ0) is 25.5. The van der Waals surface area contributed by atoms with Crippen LogP contribution in [0.4, 0.5) is 4.79 Å². The summed E-state index contributed by atoms with van der Waals surface area (Å²) in [7, 11) is 1.48. The molecule has 2 N–H and O–H groups in total. The van der Waals surface area contributed by atoms with Gasteiger partial charge in [0.15, 0.2) is 0 Å². The molecule has 1 aromatic rings. The monoisotopic (exact) mass is 495 g/mol. The number of nitrogens with zero attached hydrogens (tertiary/aromatic N) is 1. The van der Waals surface area contributed by atoms with Crippen molar-refractivity contribution in [1.29, 1.82) is 0 Å². The summed E-state index contributed by atoms with van der Waals surface area (Å²) in [4.78, 5) is 40.1. The Balaban J connectivity index is 2.30. The number of nitrogens with one attached hydrogen (secondary N) is 2. The van der Waals surface area contributed by atoms with Gasteiger partial charge in [0, 0.05) is 31.1 Å². The third kappa shape index (κ3) is 8.47. The van der Waals surface area contributed by atoms with E-state index in [1.165, 1.54) is 7.11 Å². The Kier molecular flexibility index (Phi) is 9.76. The fraction of sp³-hybridized carbons (Fsp3) is 0.640. The van der Waals surface area contributed by atoms with Crippen LogP contribution in [-0.2, 0) is 25.5 Å². The largest absolute Gasteiger partial charge is 0.444 e. The van der Waals surface area contributed by atoms with Crippen LogP contribution in [0.5, 0.6) is 0 Å². The maximum atomic E-state index is 13.4. The third-order valence-electron chi connectivity index (χ3n) is 5.56. The van der Waals surface area contributed by atoms with Gasteiger partial charge in [-0.1, -0.05) is 37.6 Å². The average molecular weight is 496 g/mol. The van der Waals surface area contributed by atoms with Crippen LogP contribution in [0, 0.1) is 5.92 Å². The number of amides is 3. The second-order valence-corrected chi connectivity index (χ2v) is 10.7. The third-order valence-corrected chi connectivity index (χ3v) is 5.82. The highest BCUT2D eigenvalue weighted by atomic mass is 35.5. The summed E-state index contributed by atoms with van der Waals surface area (Å²) >= 11 is 6.06. The van der Waals surface area contributed by atoms with Gasteiger partial charge in [-0.2, -0.15) is 0 Å². The van der Waals surface area contributed by atoms with E-state index in [9.17, 15) is 14.4 Å². The van der Waals surface area contributed by atoms with Crippen molar-refractivity contribution in [3.8, 4) is 0 Å². The van der Waals surface area contributed by atoms with Crippen LogP contribution < -0.4 is 10.6 Å². The molecule has 0 spiro atoms. The van der Waals surface area contributed by atoms with Gasteiger partial charge in [-0.3, -0.25) is 9.59 Å². The smallest absolute Gasteiger partial charge is 0.410 e. The van der Waals surface area contributed by atoms with Gasteiger partial charge in [0.2, 0.25) is 11.8 Å². The highest BCUT2D eigenvalue weighted by Gasteiger charge is 2.41. The number of carbonyl (C=O) groups excluding carboxylic acids is 3. The average Bonchev–Trinajstić information content (AvgIpc) is 2.73. The molecule has 0 bridgehead atoms. The number of carbonyl (C=O) groups is 3. The molecule has 0 radical (unpaired) electrons. The van der Waals surface area contributed by atoms with Crippen molar-refractivity contribution >= 4 is 29.5 Å². The summed E-state index contributed by atoms with van der Waals surface area (Å²) in [6.07, 6.45) is 1.44. The molecule has 1 aliphatic heterocycles. The van der Waals surface area contributed by atoms with Gasteiger partial charge in [0.1, 0.15) is 11.6 Å². The van der Waals surface area contributed by atoms with Crippen LogP contribution in [0.3, 0.4) is 0 Å². The van der Waals surface area contributed by atoms with Crippen molar-refractivity contribution in [3.63, 3.8) is 0 Å². The van der Waals surface area contributed by atoms with E-state index in [0.717, 1.165) is 5.56 Å². The number of methoxy groups -OCH3 is 1. The first-order valence-corrected chi connectivity index (χ1v) is 12.1. The van der Waals surface area contributed by atoms with Crippen LogP contribution in [0.25, 0.3) is 0 Å². The molecular weight excluding hydrogens is 458 g/mol. The first kappa shape index (κ1) is 27.9. The van der Waals surface area contributed by atoms with Crippen LogP contribution >= 0.6 is 11.6 Å². The summed E-state index contributed by atoms with van der Waals surface area (Å²) in [5.74, 6) is -0.855. The first-order valence-electron chi connectivity index (χ1n) is 11.7. The lowest BCUT2D eigenvalue weighted by atomic mass is 9.82. The Morgan fingerprint density at radius 3 is 2.35 bits per heavy atom. The second kappa shape index (κ2) is 11.9. The molecule has 2 atom stereocenters. The summed E-state index contributed by atoms with van der Waals surface area (Å²) in [6.45, 7) is 9.86. The van der Waals surface area contributed by atoms with Crippen LogP contribution in [0.15, 0.2) is 24.3 Å². The molecule has 1 saturated heterocycles. The molecule has 0 unspecified atom stereocenters. The molecule has 2 rings (SSSR count). The van der Waals surface area contributed by atoms with E-state index in [2.05, 4.69) is 10.6 Å². The van der Waals surface area contributed by atoms with Crippen LogP contribution in [-0.4, -0.2) is 66.8 Å². The Hall–Kier alpha value is -2.32. The maximum absolute atomic E-state index is 13.4. The highest BCUT2D eigenvalue weighted by molar-refractivity contribution is 6.30. The van der Waals surface area contributed by atoms with Crippen molar-refractivity contribution < 1.29 is 23.9 Å². The Morgan fingerprint density at radius 2 is 1.79 bits per heavy atom. The number of likely N-dealkylation sites (tertiary alicyclic amines) is 1. The number of hydrogen-bond donors (Lipinski definition) is 2. The van der Waals surface area contributed by atoms with Crippen molar-refractivity contribution in [2.75, 3.05) is 26.8 Å². The highest BCUT2D eigenvalue weighted by Crippen LogP contribution is 2.28. The first-order chi connectivity index (χ1) is 15.8. The van der Waals surface area contributed by atoms with Crippen LogP contribution in [0.2, 0.25) is 5.02 Å². The SMILES string of the molecule is COC[C@H](NC(=O)C(C)C)C(=O)N[C@@]1(Cc2ccc(Cl)cc2)CCCN(C(=O)OC(C)(C)C)C1. The molecular formula is C25H38ClN3O5. The van der Waals surface area contributed by atoms with E-state index in [0.29, 0.717) is 30.8 Å². The predicted octanol–water partition coefficient (Wildman–Crippen LogP) is 3.56. The van der Waals surface area contributed by atoms with E-state index in [1.807, 2.05) is 32.9 Å². The number of ether oxygens (including phenoxy) is 2. The number of halogens is 1. The molecule has 1 heterocycles. The lowest BCUT2D eigenvalue weighted by molar-refractivity contribution is -0.133. The van der Waals surface area contributed by atoms with Gasteiger partial charge >= 0.3 is 6.09 Å². The molecule has 9 heteroatoms. The zero-order valence-corrected chi connectivity index (χ0v) is 21.8. The minimum absolute atomic E-state index is 0.0388. The molecule has 0 aliphatic carbocycles. The standard InChI is InChI=1S/C25H38ClN3O5/c1-17(2)21(30)27-20(15-33-6)22(31)28-25(14-18-8-10-19(26)11-9-18)12-7-13-29(16-25)23(32)34-24(3,4)5/h8-11,17,20H,7,12-16H2,1-6H3,(H,27,30)(H,28,31)/t20-,25+/m0/s1. The normalized spacial score (nSPS) is 19.5. The molecule has 0 saturated carbocycles. The van der Waals surface area contributed by atoms with Gasteiger partial charge in [-0.15, -0.1) is 0 Å². The fourth-order valence-corrected chi connectivity index (χ4v) is 4.06. The Morgan fingerprint density at radius 1 is 1.15 bits per heavy atom. The summed E-state index contributed by atoms with van der Waals surface area (Å²) < 4.78 is 10.8. The van der Waals surface area contributed by atoms with E-state index in [4.69, 9.17) is 21.1 Å². The molecule has 34 heavy (non-hydrogen) atoms. The lowest BCUT2D eigenvalue weighted by Crippen LogP contribution is -2.64. The maximum Gasteiger partial charge on any atom is 0.410 e. The number of piperidine rings is 1. The summed E-state index contributed by atoms with van der Waals surface area (Å²) in [5.41, 5.74) is -0.388.